The SMILES string of the molecule is [Br-].[Br-].[Br-].[Br-].[Br-].[K+].[Ru+4]. The van der Waals surface area contributed by atoms with Crippen LogP contribution in [0.25, 0.3) is 0 Å². The van der Waals surface area contributed by atoms with Crippen molar-refractivity contribution in [3.05, 3.63) is 0 Å². The molecule has 7 heavy (non-hydrogen) atoms. The van der Waals surface area contributed by atoms with Gasteiger partial charge in [-0.3, -0.25) is 0 Å². The summed E-state index contributed by atoms with van der Waals surface area (Å²) < 4.78 is 0. The van der Waals surface area contributed by atoms with Crippen LogP contribution in [0.3, 0.4) is 0 Å². The molecule has 0 spiro atoms. The Morgan fingerprint density at radius 2 is 0.429 bits per heavy atom. The van der Waals surface area contributed by atoms with Crippen molar-refractivity contribution in [2.75, 3.05) is 0 Å². The number of rotatable bonds is 0. The fourth-order valence-corrected chi connectivity index (χ4v) is 0. The van der Waals surface area contributed by atoms with Gasteiger partial charge in [0.25, 0.3) is 0 Å². The van der Waals surface area contributed by atoms with Crippen LogP contribution in [-0.4, -0.2) is 0 Å². The van der Waals surface area contributed by atoms with E-state index in [1.807, 2.05) is 0 Å². The first-order valence-corrected chi connectivity index (χ1v) is 0. The number of hydrogen-bond donors (Lipinski definition) is 0. The van der Waals surface area contributed by atoms with Crippen LogP contribution in [0.1, 0.15) is 0 Å². The van der Waals surface area contributed by atoms with Gasteiger partial charge >= 0.3 is 70.9 Å². The van der Waals surface area contributed by atoms with Gasteiger partial charge in [-0.05, 0) is 0 Å². The minimum absolute atomic E-state index is 0. The normalized spacial score (nSPS) is 0. The molecule has 0 unspecified atom stereocenters. The first kappa shape index (κ1) is 61.0. The Labute approximate surface area is 152 Å². The molecule has 0 rings (SSSR count). The third-order valence-corrected chi connectivity index (χ3v) is 0. The molecule has 0 aromatic carbocycles. The maximum absolute atomic E-state index is 0. The van der Waals surface area contributed by atoms with Gasteiger partial charge in [-0.15, -0.1) is 0 Å². The first-order chi connectivity index (χ1) is 0. The van der Waals surface area contributed by atoms with E-state index in [0.717, 1.165) is 0 Å². The van der Waals surface area contributed by atoms with E-state index in [4.69, 9.17) is 0 Å². The molecule has 0 aromatic rings. The summed E-state index contributed by atoms with van der Waals surface area (Å²) in [6.45, 7) is 0. The van der Waals surface area contributed by atoms with Gasteiger partial charge in [-0.1, -0.05) is 0 Å². The molecule has 44 valence electrons. The zero-order valence-electron chi connectivity index (χ0n) is 3.24. The zero-order chi connectivity index (χ0) is 0. The molecule has 0 saturated carbocycles. The van der Waals surface area contributed by atoms with Gasteiger partial charge in [0.15, 0.2) is 0 Å². The molecule has 0 fully saturated rings. The van der Waals surface area contributed by atoms with E-state index in [1.54, 1.807) is 0 Å². The van der Waals surface area contributed by atoms with E-state index in [1.165, 1.54) is 0 Å². The Kier molecular flexibility index (Phi) is 399. The van der Waals surface area contributed by atoms with Crippen LogP contribution >= 0.6 is 0 Å². The van der Waals surface area contributed by atoms with E-state index < -0.39 is 0 Å². The zero-order valence-corrected chi connectivity index (χ0v) is 16.0. The van der Waals surface area contributed by atoms with Crippen molar-refractivity contribution in [3.63, 3.8) is 0 Å². The van der Waals surface area contributed by atoms with Crippen molar-refractivity contribution < 1.29 is 156 Å². The first-order valence-electron chi connectivity index (χ1n) is 0. The van der Waals surface area contributed by atoms with Gasteiger partial charge in [-0.25, -0.2) is 0 Å². The fraction of sp³-hybridized carbons (Fsp3) is 0. The number of halogens is 5. The maximum Gasteiger partial charge on any atom is 4.00 e. The Balaban J connectivity index is 0. The fourth-order valence-electron chi connectivity index (χ4n) is 0. The number of hydrogen-bond acceptors (Lipinski definition) is 0. The molecule has 0 aliphatic carbocycles. The molecule has 0 aliphatic heterocycles. The minimum Gasteiger partial charge on any atom is -1.00 e. The average molecular weight is 540 g/mol. The summed E-state index contributed by atoms with van der Waals surface area (Å²) in [6.07, 6.45) is 0. The van der Waals surface area contributed by atoms with Crippen molar-refractivity contribution in [1.82, 2.24) is 0 Å². The monoisotopic (exact) mass is 535 g/mol. The molecular weight excluding hydrogens is 540 g/mol. The van der Waals surface area contributed by atoms with Crippen molar-refractivity contribution in [1.29, 1.82) is 0 Å². The predicted molar refractivity (Wildman–Crippen MR) is 0 cm³/mol. The van der Waals surface area contributed by atoms with Gasteiger partial charge in [0.1, 0.15) is 0 Å². The Bertz CT molecular complexity index is 8.04. The average Bonchev–Trinajstić information content (AvgIpc) is 0. The van der Waals surface area contributed by atoms with E-state index in [-0.39, 0.29) is 156 Å². The van der Waals surface area contributed by atoms with Crippen molar-refractivity contribution in [2.45, 2.75) is 0 Å². The summed E-state index contributed by atoms with van der Waals surface area (Å²) in [7, 11) is 0. The summed E-state index contributed by atoms with van der Waals surface area (Å²) in [5.41, 5.74) is 0. The Morgan fingerprint density at radius 3 is 0.429 bits per heavy atom. The maximum atomic E-state index is 0. The van der Waals surface area contributed by atoms with Gasteiger partial charge in [0.05, 0.1) is 0 Å². The van der Waals surface area contributed by atoms with Crippen LogP contribution in [-0.2, 0) is 19.5 Å². The van der Waals surface area contributed by atoms with Crippen LogP contribution in [0.15, 0.2) is 0 Å². The third-order valence-electron chi connectivity index (χ3n) is 0. The molecule has 7 heteroatoms. The quantitative estimate of drug-likeness (QED) is 0.269. The van der Waals surface area contributed by atoms with Crippen molar-refractivity contribution in [2.24, 2.45) is 0 Å². The molecule has 0 radical (unpaired) electrons. The van der Waals surface area contributed by atoms with E-state index in [9.17, 15) is 0 Å². The van der Waals surface area contributed by atoms with Gasteiger partial charge < -0.3 is 84.9 Å². The summed E-state index contributed by atoms with van der Waals surface area (Å²) in [6, 6.07) is 0. The van der Waals surface area contributed by atoms with Crippen LogP contribution in [0.2, 0.25) is 0 Å². The summed E-state index contributed by atoms with van der Waals surface area (Å²) in [5.74, 6) is 0. The molecule has 0 aliphatic rings. The second kappa shape index (κ2) is 45.8. The van der Waals surface area contributed by atoms with Gasteiger partial charge in [-0.2, -0.15) is 0 Å². The summed E-state index contributed by atoms with van der Waals surface area (Å²) in [5, 5.41) is 0. The van der Waals surface area contributed by atoms with E-state index in [2.05, 4.69) is 0 Å². The molecule has 0 saturated heterocycles. The van der Waals surface area contributed by atoms with E-state index >= 15 is 0 Å². The topological polar surface area (TPSA) is 0 Å². The molecule has 0 amide bonds. The Hall–Kier alpha value is 4.66. The summed E-state index contributed by atoms with van der Waals surface area (Å²) in [4.78, 5) is 0. The summed E-state index contributed by atoms with van der Waals surface area (Å²) >= 11 is 0. The molecule has 0 nitrogen and oxygen atoms in total. The molecular formula is Br5KRu. The van der Waals surface area contributed by atoms with Crippen LogP contribution in [0, 0.1) is 0 Å². The van der Waals surface area contributed by atoms with E-state index in [0.29, 0.717) is 0 Å². The molecule has 0 aromatic heterocycles. The molecule has 0 N–H and O–H groups in total. The van der Waals surface area contributed by atoms with Crippen LogP contribution < -0.4 is 136 Å². The minimum atomic E-state index is 0. The second-order valence-corrected chi connectivity index (χ2v) is 0. The largest absolute Gasteiger partial charge is 4.00 e. The van der Waals surface area contributed by atoms with Gasteiger partial charge in [0.2, 0.25) is 0 Å². The standard InChI is InChI=1S/5BrH.K.Ru/h5*1H;;/q;;;;;+1;+4/p-5. The van der Waals surface area contributed by atoms with Gasteiger partial charge in [0, 0.05) is 0 Å². The van der Waals surface area contributed by atoms with Crippen molar-refractivity contribution >= 4 is 0 Å². The molecule has 0 bridgehead atoms. The molecule has 0 atom stereocenters. The molecule has 0 heterocycles. The second-order valence-electron chi connectivity index (χ2n) is 0. The van der Waals surface area contributed by atoms with Crippen LogP contribution in [0.5, 0.6) is 0 Å². The van der Waals surface area contributed by atoms with Crippen molar-refractivity contribution in [3.8, 4) is 0 Å². The Morgan fingerprint density at radius 1 is 0.429 bits per heavy atom. The third kappa shape index (κ3) is 36.8. The smallest absolute Gasteiger partial charge is 1.00 e. The van der Waals surface area contributed by atoms with Crippen LogP contribution in [0.4, 0.5) is 0 Å². The predicted octanol–water partition coefficient (Wildman–Crippen LogP) is -18.0.